The second-order valence-corrected chi connectivity index (χ2v) is 12.0. The molecule has 0 aromatic heterocycles. The highest BCUT2D eigenvalue weighted by Crippen LogP contribution is 2.34. The van der Waals surface area contributed by atoms with Gasteiger partial charge in [-0.2, -0.15) is 0 Å². The van der Waals surface area contributed by atoms with Gasteiger partial charge in [0.2, 0.25) is 21.8 Å². The highest BCUT2D eigenvalue weighted by atomic mass is 32.2. The number of fused-ring (bicyclic) bond motifs is 1. The lowest BCUT2D eigenvalue weighted by molar-refractivity contribution is -0.140. The van der Waals surface area contributed by atoms with Crippen LogP contribution in [-0.2, 0) is 32.6 Å². The number of carbonyl (C=O) groups excluding carboxylic acids is 2. The third-order valence-electron chi connectivity index (χ3n) is 6.96. The number of hydrogen-bond acceptors (Lipinski definition) is 6. The number of amides is 2. The van der Waals surface area contributed by atoms with Crippen molar-refractivity contribution in [2.45, 2.75) is 45.3 Å². The van der Waals surface area contributed by atoms with Gasteiger partial charge in [-0.1, -0.05) is 67.6 Å². The summed E-state index contributed by atoms with van der Waals surface area (Å²) in [6.45, 7) is 4.26. The largest absolute Gasteiger partial charge is 0.486 e. The van der Waals surface area contributed by atoms with E-state index < -0.39 is 28.5 Å². The van der Waals surface area contributed by atoms with Gasteiger partial charge in [-0.3, -0.25) is 13.9 Å². The van der Waals surface area contributed by atoms with Crippen LogP contribution in [0.4, 0.5) is 5.69 Å². The first-order valence-electron chi connectivity index (χ1n) is 13.7. The van der Waals surface area contributed by atoms with Gasteiger partial charge in [-0.15, -0.1) is 0 Å². The molecule has 2 atom stereocenters. The number of anilines is 1. The zero-order chi connectivity index (χ0) is 29.4. The van der Waals surface area contributed by atoms with Crippen LogP contribution in [0.1, 0.15) is 31.4 Å². The van der Waals surface area contributed by atoms with Gasteiger partial charge < -0.3 is 19.7 Å². The Bertz CT molecular complexity index is 1430. The standard InChI is InChI=1S/C31H37N3O6S/c1-4-23(2)32-31(36)27(19-24-11-7-5-8-12-24)33(21-25-13-9-6-10-14-25)30(35)22-34(41(3,37)38)26-15-16-28-29(20-26)40-18-17-39-28/h5-16,20,23,27H,4,17-19,21-22H2,1-3H3,(H,32,36). The quantitative estimate of drug-likeness (QED) is 0.350. The van der Waals surface area contributed by atoms with Crippen molar-refractivity contribution < 1.29 is 27.5 Å². The number of ether oxygens (including phenoxy) is 2. The zero-order valence-electron chi connectivity index (χ0n) is 23.7. The molecule has 0 saturated heterocycles. The summed E-state index contributed by atoms with van der Waals surface area (Å²) in [4.78, 5) is 29.3. The number of sulfonamides is 1. The predicted molar refractivity (Wildman–Crippen MR) is 158 cm³/mol. The maximum atomic E-state index is 14.1. The molecule has 0 spiro atoms. The van der Waals surface area contributed by atoms with E-state index in [0.717, 1.165) is 28.1 Å². The van der Waals surface area contributed by atoms with Crippen LogP contribution < -0.4 is 19.1 Å². The molecular formula is C31H37N3O6S. The first kappa shape index (κ1) is 29.9. The molecule has 0 radical (unpaired) electrons. The molecule has 1 aliphatic heterocycles. The molecule has 218 valence electrons. The molecule has 10 heteroatoms. The van der Waals surface area contributed by atoms with Crippen molar-refractivity contribution in [3.8, 4) is 11.5 Å². The summed E-state index contributed by atoms with van der Waals surface area (Å²) in [6.07, 6.45) is 2.04. The van der Waals surface area contributed by atoms with Gasteiger partial charge in [0.15, 0.2) is 11.5 Å². The van der Waals surface area contributed by atoms with E-state index >= 15 is 0 Å². The molecule has 1 N–H and O–H groups in total. The van der Waals surface area contributed by atoms with Crippen LogP contribution in [0, 0.1) is 0 Å². The van der Waals surface area contributed by atoms with Crippen LogP contribution in [0.15, 0.2) is 78.9 Å². The summed E-state index contributed by atoms with van der Waals surface area (Å²) in [7, 11) is -3.88. The summed E-state index contributed by atoms with van der Waals surface area (Å²) >= 11 is 0. The van der Waals surface area contributed by atoms with Gasteiger partial charge in [-0.05, 0) is 36.6 Å². The zero-order valence-corrected chi connectivity index (χ0v) is 24.5. The predicted octanol–water partition coefficient (Wildman–Crippen LogP) is 3.78. The monoisotopic (exact) mass is 579 g/mol. The number of hydrogen-bond donors (Lipinski definition) is 1. The van der Waals surface area contributed by atoms with Crippen molar-refractivity contribution in [1.29, 1.82) is 0 Å². The van der Waals surface area contributed by atoms with E-state index in [2.05, 4.69) is 5.32 Å². The highest BCUT2D eigenvalue weighted by molar-refractivity contribution is 7.92. The summed E-state index contributed by atoms with van der Waals surface area (Å²) in [5.74, 6) is 0.119. The third-order valence-corrected chi connectivity index (χ3v) is 8.10. The Kier molecular flexibility index (Phi) is 9.88. The van der Waals surface area contributed by atoms with Crippen molar-refractivity contribution in [3.63, 3.8) is 0 Å². The molecule has 41 heavy (non-hydrogen) atoms. The second kappa shape index (κ2) is 13.5. The van der Waals surface area contributed by atoms with E-state index in [1.54, 1.807) is 18.2 Å². The van der Waals surface area contributed by atoms with E-state index in [1.807, 2.05) is 74.5 Å². The molecule has 3 aromatic carbocycles. The Morgan fingerprint density at radius 1 is 0.902 bits per heavy atom. The molecule has 9 nitrogen and oxygen atoms in total. The van der Waals surface area contributed by atoms with E-state index in [4.69, 9.17) is 9.47 Å². The van der Waals surface area contributed by atoms with E-state index in [9.17, 15) is 18.0 Å². The Morgan fingerprint density at radius 2 is 1.51 bits per heavy atom. The number of nitrogens with one attached hydrogen (secondary N) is 1. The van der Waals surface area contributed by atoms with Gasteiger partial charge in [-0.25, -0.2) is 8.42 Å². The fourth-order valence-electron chi connectivity index (χ4n) is 4.58. The summed E-state index contributed by atoms with van der Waals surface area (Å²) in [5.41, 5.74) is 1.98. The van der Waals surface area contributed by atoms with Crippen LogP contribution in [0.3, 0.4) is 0 Å². The topological polar surface area (TPSA) is 105 Å². The van der Waals surface area contributed by atoms with Crippen LogP contribution >= 0.6 is 0 Å². The Labute approximate surface area is 242 Å². The van der Waals surface area contributed by atoms with Crippen molar-refractivity contribution >= 4 is 27.5 Å². The molecule has 0 saturated carbocycles. The van der Waals surface area contributed by atoms with Gasteiger partial charge in [0, 0.05) is 25.1 Å². The SMILES string of the molecule is CCC(C)NC(=O)C(Cc1ccccc1)N(Cc1ccccc1)C(=O)CN(c1ccc2c(c1)OCCO2)S(C)(=O)=O. The third kappa shape index (κ3) is 8.00. The molecule has 4 rings (SSSR count). The van der Waals surface area contributed by atoms with Gasteiger partial charge in [0.1, 0.15) is 25.8 Å². The lowest BCUT2D eigenvalue weighted by Gasteiger charge is -2.34. The van der Waals surface area contributed by atoms with Crippen LogP contribution in [0.25, 0.3) is 0 Å². The Morgan fingerprint density at radius 3 is 2.12 bits per heavy atom. The van der Waals surface area contributed by atoms with Crippen molar-refractivity contribution in [1.82, 2.24) is 10.2 Å². The average molecular weight is 580 g/mol. The summed E-state index contributed by atoms with van der Waals surface area (Å²) in [6, 6.07) is 22.6. The first-order valence-corrected chi connectivity index (χ1v) is 15.6. The fourth-order valence-corrected chi connectivity index (χ4v) is 5.42. The molecule has 2 amide bonds. The molecule has 1 aliphatic rings. The van der Waals surface area contributed by atoms with E-state index in [0.29, 0.717) is 24.7 Å². The van der Waals surface area contributed by atoms with Gasteiger partial charge in [0.05, 0.1) is 11.9 Å². The van der Waals surface area contributed by atoms with E-state index in [-0.39, 0.29) is 30.6 Å². The van der Waals surface area contributed by atoms with E-state index in [1.165, 1.54) is 4.90 Å². The first-order chi connectivity index (χ1) is 19.7. The summed E-state index contributed by atoms with van der Waals surface area (Å²) in [5, 5.41) is 3.03. The van der Waals surface area contributed by atoms with Crippen molar-refractivity contribution in [2.75, 3.05) is 30.3 Å². The van der Waals surface area contributed by atoms with Crippen LogP contribution in [-0.4, -0.2) is 63.2 Å². The molecule has 0 aliphatic carbocycles. The molecular weight excluding hydrogens is 542 g/mol. The van der Waals surface area contributed by atoms with Crippen molar-refractivity contribution in [3.05, 3.63) is 90.0 Å². The average Bonchev–Trinajstić information content (AvgIpc) is 2.97. The van der Waals surface area contributed by atoms with Crippen molar-refractivity contribution in [2.24, 2.45) is 0 Å². The van der Waals surface area contributed by atoms with Crippen LogP contribution in [0.2, 0.25) is 0 Å². The minimum atomic E-state index is -3.88. The smallest absolute Gasteiger partial charge is 0.244 e. The highest BCUT2D eigenvalue weighted by Gasteiger charge is 2.33. The minimum absolute atomic E-state index is 0.0975. The normalized spacial score (nSPS) is 14.0. The number of nitrogens with zero attached hydrogens (tertiary/aromatic N) is 2. The minimum Gasteiger partial charge on any atom is -0.486 e. The number of rotatable bonds is 12. The fraction of sp³-hybridized carbons (Fsp3) is 0.355. The lowest BCUT2D eigenvalue weighted by Crippen LogP contribution is -2.54. The van der Waals surface area contributed by atoms with Gasteiger partial charge in [0.25, 0.3) is 0 Å². The van der Waals surface area contributed by atoms with Gasteiger partial charge >= 0.3 is 0 Å². The molecule has 0 fully saturated rings. The Balaban J connectivity index is 1.71. The maximum absolute atomic E-state index is 14.1. The van der Waals surface area contributed by atoms with Crippen LogP contribution in [0.5, 0.6) is 11.5 Å². The molecule has 2 unspecified atom stereocenters. The summed E-state index contributed by atoms with van der Waals surface area (Å²) < 4.78 is 38.3. The number of benzene rings is 3. The molecule has 3 aromatic rings. The maximum Gasteiger partial charge on any atom is 0.244 e. The molecule has 1 heterocycles. The number of carbonyl (C=O) groups is 2. The molecule has 0 bridgehead atoms. The second-order valence-electron chi connectivity index (χ2n) is 10.1. The lowest BCUT2D eigenvalue weighted by atomic mass is 10.0. The Hall–Kier alpha value is -4.05.